The number of carbonyl (C=O) groups is 7. The number of benzene rings is 1. The summed E-state index contributed by atoms with van der Waals surface area (Å²) in [6.45, 7) is 0.712. The van der Waals surface area contributed by atoms with E-state index in [1.54, 1.807) is 0 Å². The first kappa shape index (κ1) is 38.1. The maximum atomic E-state index is 13.3. The molecule has 2 rings (SSSR count). The highest BCUT2D eigenvalue weighted by atomic mass is 32.1. The van der Waals surface area contributed by atoms with Gasteiger partial charge in [-0.15, -0.1) is 0 Å². The van der Waals surface area contributed by atoms with Crippen LogP contribution in [-0.4, -0.2) is 122 Å². The van der Waals surface area contributed by atoms with E-state index < -0.39 is 89.5 Å². The van der Waals surface area contributed by atoms with Gasteiger partial charge in [0.05, 0.1) is 6.61 Å². The predicted octanol–water partition coefficient (Wildman–Crippen LogP) is -4.00. The Balaban J connectivity index is 2.13. The lowest BCUT2D eigenvalue weighted by Crippen LogP contribution is -2.60. The summed E-state index contributed by atoms with van der Waals surface area (Å²) in [5, 5.41) is 36.1. The number of rotatable bonds is 16. The molecule has 1 aliphatic rings. The molecule has 0 aromatic heterocycles. The van der Waals surface area contributed by atoms with Gasteiger partial charge in [-0.3, -0.25) is 33.6 Å². The number of hydrogen-bond donors (Lipinski definition) is 11. The zero-order valence-corrected chi connectivity index (χ0v) is 26.6. The first-order valence-electron chi connectivity index (χ1n) is 14.1. The van der Waals surface area contributed by atoms with E-state index in [1.807, 2.05) is 0 Å². The molecule has 1 aliphatic heterocycles. The molecule has 7 atom stereocenters. The Labute approximate surface area is 275 Å². The third kappa shape index (κ3) is 10.5. The molecule has 19 heteroatoms. The number of carboxylic acids is 1. The minimum atomic E-state index is -1.55. The fourth-order valence-electron chi connectivity index (χ4n) is 4.51. The van der Waals surface area contributed by atoms with Gasteiger partial charge in [-0.2, -0.15) is 25.3 Å². The van der Waals surface area contributed by atoms with Crippen LogP contribution < -0.4 is 32.7 Å². The lowest BCUT2D eigenvalue weighted by molar-refractivity contribution is -0.142. The van der Waals surface area contributed by atoms with Crippen LogP contribution >= 0.6 is 25.3 Å². The Morgan fingerprint density at radius 1 is 0.957 bits per heavy atom. The summed E-state index contributed by atoms with van der Waals surface area (Å²) in [5.74, 6) is -6.65. The second-order valence-electron chi connectivity index (χ2n) is 10.6. The standard InChI is InChI=1S/C27H39N7O10S2/c1-12(30-25(41)19(28)20(46)27(43)44)26(42)34-8-2-3-18(34)24(40)33-17(11-45)23(39)31-15(9-13-4-6-14(36)7-5-13)22(38)32-16(10-35)21(29)37/h4-7,12,15-20,35-36,45-46H,2-3,8-11,28H2,1H3,(H2,29,37)(H,30,41)(H,31,39)(H,32,38)(H,33,40)(H,43,44)/t12-,15-,16-,17-,18-,19-,20+/m0/s1. The topological polar surface area (TPSA) is 284 Å². The third-order valence-corrected chi connectivity index (χ3v) is 8.04. The molecule has 0 spiro atoms. The number of carboxylic acid groups (broad SMARTS) is 1. The van der Waals surface area contributed by atoms with Gasteiger partial charge in [0, 0.05) is 18.7 Å². The van der Waals surface area contributed by atoms with Gasteiger partial charge < -0.3 is 53.0 Å². The molecule has 46 heavy (non-hydrogen) atoms. The SMILES string of the molecule is C[C@H](NC(=O)[C@@H](N)[C@@H](S)C(=O)O)C(=O)N1CCC[C@H]1C(=O)N[C@@H](CS)C(=O)N[C@@H](Cc1ccc(O)cc1)C(=O)N[C@@H](CO)C(N)=O. The van der Waals surface area contributed by atoms with Crippen LogP contribution in [-0.2, 0) is 40.0 Å². The summed E-state index contributed by atoms with van der Waals surface area (Å²) in [6, 6.07) is -2.04. The molecule has 11 N–H and O–H groups in total. The van der Waals surface area contributed by atoms with Crippen molar-refractivity contribution in [2.45, 2.75) is 67.7 Å². The molecule has 254 valence electrons. The number of primary amides is 1. The second-order valence-corrected chi connectivity index (χ2v) is 11.5. The van der Waals surface area contributed by atoms with E-state index in [0.717, 1.165) is 0 Å². The summed E-state index contributed by atoms with van der Waals surface area (Å²) in [7, 11) is 0. The van der Waals surface area contributed by atoms with Gasteiger partial charge >= 0.3 is 5.97 Å². The van der Waals surface area contributed by atoms with Gasteiger partial charge in [-0.1, -0.05) is 12.1 Å². The highest BCUT2D eigenvalue weighted by molar-refractivity contribution is 7.81. The Morgan fingerprint density at radius 3 is 2.09 bits per heavy atom. The molecule has 1 fully saturated rings. The average molecular weight is 686 g/mol. The fourth-order valence-corrected chi connectivity index (χ4v) is 4.90. The number of nitrogens with zero attached hydrogens (tertiary/aromatic N) is 1. The number of aromatic hydroxyl groups is 1. The molecule has 0 aliphatic carbocycles. The number of thiol groups is 2. The van der Waals surface area contributed by atoms with Gasteiger partial charge in [0.2, 0.25) is 35.4 Å². The summed E-state index contributed by atoms with van der Waals surface area (Å²) in [5.41, 5.74) is 11.3. The number of phenols is 1. The number of aliphatic carboxylic acids is 1. The van der Waals surface area contributed by atoms with E-state index in [9.17, 15) is 43.8 Å². The number of carbonyl (C=O) groups excluding carboxylic acids is 6. The van der Waals surface area contributed by atoms with Gasteiger partial charge in [0.15, 0.2) is 0 Å². The summed E-state index contributed by atoms with van der Waals surface area (Å²) >= 11 is 7.93. The number of amides is 6. The zero-order valence-electron chi connectivity index (χ0n) is 24.8. The molecule has 0 bridgehead atoms. The molecule has 0 unspecified atom stereocenters. The monoisotopic (exact) mass is 685 g/mol. The quantitative estimate of drug-likeness (QED) is 0.0746. The number of hydrogen-bond acceptors (Lipinski definition) is 12. The van der Waals surface area contributed by atoms with Crippen LogP contribution in [0.5, 0.6) is 5.75 Å². The van der Waals surface area contributed by atoms with Crippen LogP contribution in [0.3, 0.4) is 0 Å². The molecule has 1 aromatic rings. The van der Waals surface area contributed by atoms with Crippen LogP contribution in [0.4, 0.5) is 0 Å². The molecule has 0 saturated carbocycles. The number of nitrogens with two attached hydrogens (primary N) is 2. The molecular formula is C27H39N7O10S2. The smallest absolute Gasteiger partial charge is 0.318 e. The van der Waals surface area contributed by atoms with Crippen molar-refractivity contribution >= 4 is 66.7 Å². The first-order valence-corrected chi connectivity index (χ1v) is 15.2. The first-order chi connectivity index (χ1) is 21.6. The number of aliphatic hydroxyl groups is 1. The van der Waals surface area contributed by atoms with Gasteiger partial charge in [-0.25, -0.2) is 0 Å². The largest absolute Gasteiger partial charge is 0.508 e. The highest BCUT2D eigenvalue weighted by Crippen LogP contribution is 2.19. The summed E-state index contributed by atoms with van der Waals surface area (Å²) in [4.78, 5) is 88.9. The van der Waals surface area contributed by atoms with Gasteiger partial charge in [0.1, 0.15) is 47.3 Å². The number of nitrogens with one attached hydrogen (secondary N) is 4. The van der Waals surface area contributed by atoms with Gasteiger partial charge in [0.25, 0.3) is 0 Å². The van der Waals surface area contributed by atoms with Crippen LogP contribution in [0.2, 0.25) is 0 Å². The maximum absolute atomic E-state index is 13.3. The van der Waals surface area contributed by atoms with Crippen molar-refractivity contribution in [1.82, 2.24) is 26.2 Å². The van der Waals surface area contributed by atoms with Crippen LogP contribution in [0.25, 0.3) is 0 Å². The maximum Gasteiger partial charge on any atom is 0.318 e. The molecule has 1 saturated heterocycles. The third-order valence-electron chi connectivity index (χ3n) is 7.13. The average Bonchev–Trinajstić information content (AvgIpc) is 3.51. The second kappa shape index (κ2) is 17.6. The van der Waals surface area contributed by atoms with E-state index >= 15 is 0 Å². The lowest BCUT2D eigenvalue weighted by atomic mass is 10.0. The molecule has 6 amide bonds. The molecular weight excluding hydrogens is 646 g/mol. The van der Waals surface area contributed by atoms with Crippen molar-refractivity contribution in [2.24, 2.45) is 11.5 Å². The van der Waals surface area contributed by atoms with E-state index in [4.69, 9.17) is 16.6 Å². The van der Waals surface area contributed by atoms with Crippen molar-refractivity contribution in [3.8, 4) is 5.75 Å². The van der Waals surface area contributed by atoms with Crippen LogP contribution in [0.1, 0.15) is 25.3 Å². The Morgan fingerprint density at radius 2 is 1.54 bits per heavy atom. The minimum Gasteiger partial charge on any atom is -0.508 e. The summed E-state index contributed by atoms with van der Waals surface area (Å²) in [6.07, 6.45) is 0.554. The van der Waals surface area contributed by atoms with Crippen molar-refractivity contribution in [3.05, 3.63) is 29.8 Å². The Kier molecular flexibility index (Phi) is 14.6. The highest BCUT2D eigenvalue weighted by Gasteiger charge is 2.39. The number of likely N-dealkylation sites (tertiary alicyclic amines) is 1. The van der Waals surface area contributed by atoms with Crippen molar-refractivity contribution < 1.29 is 48.9 Å². The Hall–Kier alpha value is -4.07. The molecule has 17 nitrogen and oxygen atoms in total. The molecule has 1 aromatic carbocycles. The number of aliphatic hydroxyl groups excluding tert-OH is 1. The summed E-state index contributed by atoms with van der Waals surface area (Å²) < 4.78 is 0. The van der Waals surface area contributed by atoms with E-state index in [0.29, 0.717) is 12.0 Å². The van der Waals surface area contributed by atoms with E-state index in [2.05, 4.69) is 46.5 Å². The van der Waals surface area contributed by atoms with Gasteiger partial charge in [-0.05, 0) is 37.5 Å². The molecule has 1 heterocycles. The van der Waals surface area contributed by atoms with Crippen molar-refractivity contribution in [3.63, 3.8) is 0 Å². The fraction of sp³-hybridized carbons (Fsp3) is 0.519. The lowest BCUT2D eigenvalue weighted by Gasteiger charge is -2.29. The Bertz CT molecular complexity index is 1300. The van der Waals surface area contributed by atoms with Crippen LogP contribution in [0, 0.1) is 0 Å². The van der Waals surface area contributed by atoms with E-state index in [1.165, 1.54) is 36.1 Å². The van der Waals surface area contributed by atoms with Crippen molar-refractivity contribution in [2.75, 3.05) is 18.9 Å². The van der Waals surface area contributed by atoms with Crippen LogP contribution in [0.15, 0.2) is 24.3 Å². The van der Waals surface area contributed by atoms with Crippen molar-refractivity contribution in [1.29, 1.82) is 0 Å². The minimum absolute atomic E-state index is 0.0371. The predicted molar refractivity (Wildman–Crippen MR) is 168 cm³/mol. The number of phenolic OH excluding ortho intramolecular Hbond substituents is 1. The zero-order chi connectivity index (χ0) is 34.7. The van der Waals surface area contributed by atoms with E-state index in [-0.39, 0.29) is 30.9 Å². The molecule has 0 radical (unpaired) electrons. The normalized spacial score (nSPS) is 18.2.